The summed E-state index contributed by atoms with van der Waals surface area (Å²) in [6.07, 6.45) is 0.970. The van der Waals surface area contributed by atoms with Crippen LogP contribution in [0.3, 0.4) is 0 Å². The molecule has 35 heavy (non-hydrogen) atoms. The molecule has 2 aromatic heterocycles. The van der Waals surface area contributed by atoms with Crippen molar-refractivity contribution in [3.8, 4) is 17.3 Å². The number of aryl methyl sites for hydroxylation is 1. The molecule has 7 nitrogen and oxygen atoms in total. The molecule has 2 heterocycles. The molecule has 5 rings (SSSR count). The van der Waals surface area contributed by atoms with Crippen LogP contribution < -0.4 is 10.3 Å². The van der Waals surface area contributed by atoms with Crippen LogP contribution in [0.5, 0.6) is 5.75 Å². The summed E-state index contributed by atoms with van der Waals surface area (Å²) in [5.74, 6) is 1.79. The van der Waals surface area contributed by atoms with Gasteiger partial charge in [0.15, 0.2) is 5.69 Å². The second kappa shape index (κ2) is 10.6. The molecule has 0 bridgehead atoms. The maximum absolute atomic E-state index is 13.1. The van der Waals surface area contributed by atoms with E-state index in [9.17, 15) is 4.79 Å². The van der Waals surface area contributed by atoms with Crippen molar-refractivity contribution >= 4 is 22.5 Å². The van der Waals surface area contributed by atoms with Crippen LogP contribution in [0.15, 0.2) is 93.3 Å². The van der Waals surface area contributed by atoms with E-state index >= 15 is 0 Å². The number of hydrogen-bond donors (Lipinski definition) is 0. The van der Waals surface area contributed by atoms with E-state index < -0.39 is 0 Å². The molecular weight excluding hydrogens is 460 g/mol. The maximum atomic E-state index is 13.1. The van der Waals surface area contributed by atoms with Gasteiger partial charge in [-0.25, -0.2) is 4.68 Å². The zero-order valence-electron chi connectivity index (χ0n) is 19.3. The van der Waals surface area contributed by atoms with Gasteiger partial charge in [-0.1, -0.05) is 79.3 Å². The van der Waals surface area contributed by atoms with Crippen molar-refractivity contribution in [3.05, 3.63) is 100 Å². The summed E-state index contributed by atoms with van der Waals surface area (Å²) >= 11 is 1.42. The lowest BCUT2D eigenvalue weighted by Gasteiger charge is -2.09. The third kappa shape index (κ3) is 5.27. The molecule has 0 radical (unpaired) electrons. The molecule has 5 aromatic rings. The fraction of sp³-hybridized carbons (Fsp3) is 0.185. The molecule has 0 spiro atoms. The third-order valence-electron chi connectivity index (χ3n) is 5.54. The molecule has 0 unspecified atom stereocenters. The van der Waals surface area contributed by atoms with Crippen LogP contribution in [0.4, 0.5) is 0 Å². The molecule has 0 amide bonds. The Morgan fingerprint density at radius 2 is 1.69 bits per heavy atom. The van der Waals surface area contributed by atoms with Gasteiger partial charge in [-0.05, 0) is 35.7 Å². The lowest BCUT2D eigenvalue weighted by atomic mass is 10.1. The standard InChI is InChI=1S/C27H24N4O3S/c1-2-19-11-8-12-21(17-19)33-15-16-35-27-29-28-25(34-27)24-22-13-6-7-14-23(22)26(32)31(30-24)18-20-9-4-3-5-10-20/h3-14,17H,2,15-16,18H2,1H3. The number of nitrogens with zero attached hydrogens (tertiary/aromatic N) is 4. The van der Waals surface area contributed by atoms with Gasteiger partial charge in [0.25, 0.3) is 16.7 Å². The highest BCUT2D eigenvalue weighted by atomic mass is 32.2. The Balaban J connectivity index is 1.34. The molecule has 176 valence electrons. The molecular formula is C27H24N4O3S. The first-order valence-corrected chi connectivity index (χ1v) is 12.4. The summed E-state index contributed by atoms with van der Waals surface area (Å²) in [6.45, 7) is 2.98. The predicted molar refractivity (Wildman–Crippen MR) is 137 cm³/mol. The molecule has 0 saturated heterocycles. The quantitative estimate of drug-likeness (QED) is 0.209. The summed E-state index contributed by atoms with van der Waals surface area (Å²) < 4.78 is 13.2. The number of ether oxygens (including phenoxy) is 1. The number of fused-ring (bicyclic) bond motifs is 1. The minimum absolute atomic E-state index is 0.161. The molecule has 0 atom stereocenters. The van der Waals surface area contributed by atoms with Crippen LogP contribution in [-0.2, 0) is 13.0 Å². The normalized spacial score (nSPS) is 11.1. The first-order valence-electron chi connectivity index (χ1n) is 11.4. The zero-order chi connectivity index (χ0) is 24.0. The van der Waals surface area contributed by atoms with Crippen LogP contribution in [0.25, 0.3) is 22.4 Å². The van der Waals surface area contributed by atoms with Crippen LogP contribution in [-0.4, -0.2) is 32.3 Å². The molecule has 0 saturated carbocycles. The Hall–Kier alpha value is -3.91. The average molecular weight is 485 g/mol. The minimum atomic E-state index is -0.161. The molecule has 0 fully saturated rings. The average Bonchev–Trinajstić information content (AvgIpc) is 3.38. The number of hydrogen-bond acceptors (Lipinski definition) is 7. The van der Waals surface area contributed by atoms with Crippen LogP contribution in [0.2, 0.25) is 0 Å². The summed E-state index contributed by atoms with van der Waals surface area (Å²) in [4.78, 5) is 13.1. The fourth-order valence-corrected chi connectivity index (χ4v) is 4.34. The zero-order valence-corrected chi connectivity index (χ0v) is 20.1. The molecule has 0 aliphatic carbocycles. The minimum Gasteiger partial charge on any atom is -0.493 e. The van der Waals surface area contributed by atoms with E-state index in [2.05, 4.69) is 34.4 Å². The Bertz CT molecular complexity index is 1500. The summed E-state index contributed by atoms with van der Waals surface area (Å²) in [7, 11) is 0. The SMILES string of the molecule is CCc1cccc(OCCSc2nnc(-c3nn(Cc4ccccc4)c(=O)c4ccccc34)o2)c1. The Morgan fingerprint density at radius 3 is 2.51 bits per heavy atom. The smallest absolute Gasteiger partial charge is 0.277 e. The molecule has 0 N–H and O–H groups in total. The van der Waals surface area contributed by atoms with Crippen LogP contribution >= 0.6 is 11.8 Å². The highest BCUT2D eigenvalue weighted by Crippen LogP contribution is 2.27. The van der Waals surface area contributed by atoms with Crippen molar-refractivity contribution in [2.75, 3.05) is 12.4 Å². The van der Waals surface area contributed by atoms with Gasteiger partial charge in [0.05, 0.1) is 18.5 Å². The topological polar surface area (TPSA) is 83.0 Å². The number of aromatic nitrogens is 4. The summed E-state index contributed by atoms with van der Waals surface area (Å²) in [6, 6.07) is 25.2. The molecule has 0 aliphatic rings. The van der Waals surface area contributed by atoms with Gasteiger partial charge >= 0.3 is 0 Å². The van der Waals surface area contributed by atoms with Gasteiger partial charge in [-0.2, -0.15) is 5.10 Å². The second-order valence-corrected chi connectivity index (χ2v) is 8.96. The summed E-state index contributed by atoms with van der Waals surface area (Å²) in [5.41, 5.74) is 2.55. The number of thioether (sulfide) groups is 1. The fourth-order valence-electron chi connectivity index (χ4n) is 3.76. The van der Waals surface area contributed by atoms with Crippen molar-refractivity contribution in [1.82, 2.24) is 20.0 Å². The van der Waals surface area contributed by atoms with E-state index in [1.165, 1.54) is 22.0 Å². The van der Waals surface area contributed by atoms with Gasteiger partial charge < -0.3 is 9.15 Å². The van der Waals surface area contributed by atoms with Crippen molar-refractivity contribution in [3.63, 3.8) is 0 Å². The molecule has 3 aromatic carbocycles. The first kappa shape index (κ1) is 22.9. The summed E-state index contributed by atoms with van der Waals surface area (Å²) in [5, 5.41) is 14.7. The lowest BCUT2D eigenvalue weighted by molar-refractivity contribution is 0.343. The Morgan fingerprint density at radius 1 is 0.914 bits per heavy atom. The molecule has 0 aliphatic heterocycles. The monoisotopic (exact) mass is 484 g/mol. The first-order chi connectivity index (χ1) is 17.2. The van der Waals surface area contributed by atoms with Crippen LogP contribution in [0.1, 0.15) is 18.1 Å². The predicted octanol–water partition coefficient (Wildman–Crippen LogP) is 5.23. The van der Waals surface area contributed by atoms with Crippen LogP contribution in [0, 0.1) is 0 Å². The van der Waals surface area contributed by atoms with Gasteiger partial charge in [0.1, 0.15) is 5.75 Å². The van der Waals surface area contributed by atoms with E-state index in [0.717, 1.165) is 17.7 Å². The highest BCUT2D eigenvalue weighted by Gasteiger charge is 2.18. The van der Waals surface area contributed by atoms with Gasteiger partial charge in [0, 0.05) is 11.1 Å². The molecule has 8 heteroatoms. The maximum Gasteiger partial charge on any atom is 0.277 e. The lowest BCUT2D eigenvalue weighted by Crippen LogP contribution is -2.24. The Kier molecular flexibility index (Phi) is 6.90. The van der Waals surface area contributed by atoms with E-state index in [-0.39, 0.29) is 11.4 Å². The van der Waals surface area contributed by atoms with E-state index in [0.29, 0.717) is 40.6 Å². The number of benzene rings is 3. The number of rotatable bonds is 9. The van der Waals surface area contributed by atoms with E-state index in [1.807, 2.05) is 60.7 Å². The van der Waals surface area contributed by atoms with Crippen molar-refractivity contribution in [1.29, 1.82) is 0 Å². The van der Waals surface area contributed by atoms with Crippen molar-refractivity contribution < 1.29 is 9.15 Å². The van der Waals surface area contributed by atoms with Gasteiger partial charge in [-0.3, -0.25) is 4.79 Å². The highest BCUT2D eigenvalue weighted by molar-refractivity contribution is 7.99. The van der Waals surface area contributed by atoms with Crippen molar-refractivity contribution in [2.24, 2.45) is 0 Å². The largest absolute Gasteiger partial charge is 0.493 e. The third-order valence-corrected chi connectivity index (χ3v) is 6.32. The second-order valence-electron chi connectivity index (χ2n) is 7.91. The van der Waals surface area contributed by atoms with Gasteiger partial charge in [0.2, 0.25) is 0 Å². The van der Waals surface area contributed by atoms with E-state index in [1.54, 1.807) is 6.07 Å². The van der Waals surface area contributed by atoms with E-state index in [4.69, 9.17) is 9.15 Å². The Labute approximate surface area is 206 Å². The van der Waals surface area contributed by atoms with Gasteiger partial charge in [-0.15, -0.1) is 10.2 Å². The van der Waals surface area contributed by atoms with Crippen molar-refractivity contribution in [2.45, 2.75) is 25.1 Å².